The van der Waals surface area contributed by atoms with Crippen molar-refractivity contribution in [1.82, 2.24) is 4.90 Å². The van der Waals surface area contributed by atoms with Crippen LogP contribution in [0.1, 0.15) is 31.9 Å². The Kier molecular flexibility index (Phi) is 2.87. The molecular weight excluding hydrogens is 170 g/mol. The van der Waals surface area contributed by atoms with E-state index >= 15 is 0 Å². The molecule has 0 aromatic heterocycles. The van der Waals surface area contributed by atoms with Gasteiger partial charge in [-0.1, -0.05) is 37.3 Å². The number of rotatable bonds is 2. The number of hydrogen-bond donors (Lipinski definition) is 0. The Hall–Kier alpha value is -0.820. The van der Waals surface area contributed by atoms with Crippen LogP contribution in [0.2, 0.25) is 0 Å². The molecule has 1 fully saturated rings. The van der Waals surface area contributed by atoms with Crippen LogP contribution < -0.4 is 0 Å². The molecule has 1 heterocycles. The standard InChI is InChI=1S/C13H19N/c1-11-8-9-14(10-11)12(2)13-6-4-3-5-7-13/h3-7,11-12H,8-10H2,1-2H3/t11-,12+/m0/s1. The minimum atomic E-state index is 0.584. The predicted octanol–water partition coefficient (Wildman–Crippen LogP) is 3.09. The summed E-state index contributed by atoms with van der Waals surface area (Å²) in [5.74, 6) is 0.876. The Bertz CT molecular complexity index is 281. The van der Waals surface area contributed by atoms with Crippen molar-refractivity contribution in [3.63, 3.8) is 0 Å². The van der Waals surface area contributed by atoms with Crippen LogP contribution in [-0.2, 0) is 0 Å². The van der Waals surface area contributed by atoms with Gasteiger partial charge in [-0.25, -0.2) is 0 Å². The van der Waals surface area contributed by atoms with Gasteiger partial charge in [-0.15, -0.1) is 0 Å². The molecule has 0 aliphatic carbocycles. The van der Waals surface area contributed by atoms with E-state index in [2.05, 4.69) is 49.1 Å². The number of likely N-dealkylation sites (tertiary alicyclic amines) is 1. The Morgan fingerprint density at radius 3 is 2.57 bits per heavy atom. The van der Waals surface area contributed by atoms with Gasteiger partial charge in [0.05, 0.1) is 0 Å². The van der Waals surface area contributed by atoms with E-state index in [-0.39, 0.29) is 0 Å². The number of hydrogen-bond acceptors (Lipinski definition) is 1. The molecule has 0 saturated carbocycles. The van der Waals surface area contributed by atoms with Crippen LogP contribution in [0.3, 0.4) is 0 Å². The first-order chi connectivity index (χ1) is 6.77. The Morgan fingerprint density at radius 1 is 1.29 bits per heavy atom. The zero-order valence-electron chi connectivity index (χ0n) is 9.11. The van der Waals surface area contributed by atoms with Gasteiger partial charge < -0.3 is 0 Å². The topological polar surface area (TPSA) is 3.24 Å². The average molecular weight is 189 g/mol. The molecular formula is C13H19N. The van der Waals surface area contributed by atoms with Gasteiger partial charge >= 0.3 is 0 Å². The molecule has 1 saturated heterocycles. The maximum Gasteiger partial charge on any atom is 0.0319 e. The molecule has 0 spiro atoms. The van der Waals surface area contributed by atoms with Crippen LogP contribution in [-0.4, -0.2) is 18.0 Å². The van der Waals surface area contributed by atoms with Crippen LogP contribution in [0.15, 0.2) is 30.3 Å². The summed E-state index contributed by atoms with van der Waals surface area (Å²) in [6, 6.07) is 11.4. The highest BCUT2D eigenvalue weighted by Crippen LogP contribution is 2.26. The molecule has 1 aromatic carbocycles. The van der Waals surface area contributed by atoms with E-state index in [1.54, 1.807) is 0 Å². The summed E-state index contributed by atoms with van der Waals surface area (Å²) in [5, 5.41) is 0. The molecule has 0 unspecified atom stereocenters. The summed E-state index contributed by atoms with van der Waals surface area (Å²) in [7, 11) is 0. The first kappa shape index (κ1) is 9.72. The van der Waals surface area contributed by atoms with Gasteiger partial charge in [-0.2, -0.15) is 0 Å². The van der Waals surface area contributed by atoms with E-state index in [0.29, 0.717) is 6.04 Å². The third-order valence-electron chi connectivity index (χ3n) is 3.28. The van der Waals surface area contributed by atoms with E-state index in [1.165, 1.54) is 25.1 Å². The smallest absolute Gasteiger partial charge is 0.0319 e. The van der Waals surface area contributed by atoms with E-state index in [4.69, 9.17) is 0 Å². The maximum atomic E-state index is 2.58. The summed E-state index contributed by atoms with van der Waals surface area (Å²) in [6.07, 6.45) is 1.36. The summed E-state index contributed by atoms with van der Waals surface area (Å²) >= 11 is 0. The molecule has 1 aliphatic rings. The van der Waals surface area contributed by atoms with E-state index in [0.717, 1.165) is 5.92 Å². The Morgan fingerprint density at radius 2 is 2.00 bits per heavy atom. The normalized spacial score (nSPS) is 25.1. The lowest BCUT2D eigenvalue weighted by atomic mass is 10.1. The highest BCUT2D eigenvalue weighted by atomic mass is 15.2. The second-order valence-corrected chi connectivity index (χ2v) is 4.48. The highest BCUT2D eigenvalue weighted by molar-refractivity contribution is 5.18. The molecule has 1 heteroatoms. The third kappa shape index (κ3) is 1.98. The third-order valence-corrected chi connectivity index (χ3v) is 3.28. The highest BCUT2D eigenvalue weighted by Gasteiger charge is 2.23. The SMILES string of the molecule is C[C@H]1CCN([C@H](C)c2ccccc2)C1. The molecule has 0 N–H and O–H groups in total. The summed E-state index contributed by atoms with van der Waals surface area (Å²) in [6.45, 7) is 7.18. The fourth-order valence-corrected chi connectivity index (χ4v) is 2.26. The largest absolute Gasteiger partial charge is 0.296 e. The van der Waals surface area contributed by atoms with E-state index in [1.807, 2.05) is 0 Å². The zero-order valence-corrected chi connectivity index (χ0v) is 9.11. The van der Waals surface area contributed by atoms with E-state index < -0.39 is 0 Å². The molecule has 1 nitrogen and oxygen atoms in total. The molecule has 0 radical (unpaired) electrons. The van der Waals surface area contributed by atoms with Gasteiger partial charge in [0.1, 0.15) is 0 Å². The van der Waals surface area contributed by atoms with Gasteiger partial charge in [-0.05, 0) is 31.4 Å². The second kappa shape index (κ2) is 4.14. The molecule has 1 aliphatic heterocycles. The zero-order chi connectivity index (χ0) is 9.97. The molecule has 0 bridgehead atoms. The van der Waals surface area contributed by atoms with Crippen LogP contribution in [0, 0.1) is 5.92 Å². The number of nitrogens with zero attached hydrogens (tertiary/aromatic N) is 1. The van der Waals surface area contributed by atoms with Crippen LogP contribution in [0.25, 0.3) is 0 Å². The summed E-state index contributed by atoms with van der Waals surface area (Å²) in [4.78, 5) is 2.58. The quantitative estimate of drug-likeness (QED) is 0.691. The van der Waals surface area contributed by atoms with Gasteiger partial charge in [0, 0.05) is 12.6 Å². The van der Waals surface area contributed by atoms with Crippen molar-refractivity contribution in [3.8, 4) is 0 Å². The molecule has 76 valence electrons. The van der Waals surface area contributed by atoms with Crippen LogP contribution in [0.4, 0.5) is 0 Å². The van der Waals surface area contributed by atoms with Crippen molar-refractivity contribution in [1.29, 1.82) is 0 Å². The van der Waals surface area contributed by atoms with Gasteiger partial charge in [0.15, 0.2) is 0 Å². The molecule has 14 heavy (non-hydrogen) atoms. The fourth-order valence-electron chi connectivity index (χ4n) is 2.26. The molecule has 1 aromatic rings. The number of benzene rings is 1. The summed E-state index contributed by atoms with van der Waals surface area (Å²) < 4.78 is 0. The van der Waals surface area contributed by atoms with Gasteiger partial charge in [0.25, 0.3) is 0 Å². The van der Waals surface area contributed by atoms with Gasteiger partial charge in [0.2, 0.25) is 0 Å². The second-order valence-electron chi connectivity index (χ2n) is 4.48. The van der Waals surface area contributed by atoms with Gasteiger partial charge in [-0.3, -0.25) is 4.90 Å². The molecule has 2 atom stereocenters. The van der Waals surface area contributed by atoms with E-state index in [9.17, 15) is 0 Å². The maximum absolute atomic E-state index is 2.58. The van der Waals surface area contributed by atoms with Crippen molar-refractivity contribution in [2.45, 2.75) is 26.3 Å². The minimum Gasteiger partial charge on any atom is -0.296 e. The first-order valence-electron chi connectivity index (χ1n) is 5.56. The predicted molar refractivity (Wildman–Crippen MR) is 60.2 cm³/mol. The summed E-state index contributed by atoms with van der Waals surface area (Å²) in [5.41, 5.74) is 1.45. The van der Waals surface area contributed by atoms with Crippen molar-refractivity contribution in [3.05, 3.63) is 35.9 Å². The molecule has 0 amide bonds. The first-order valence-corrected chi connectivity index (χ1v) is 5.56. The van der Waals surface area contributed by atoms with Crippen LogP contribution in [0.5, 0.6) is 0 Å². The van der Waals surface area contributed by atoms with Crippen molar-refractivity contribution >= 4 is 0 Å². The molecule has 2 rings (SSSR count). The van der Waals surface area contributed by atoms with Crippen molar-refractivity contribution in [2.75, 3.05) is 13.1 Å². The Balaban J connectivity index is 2.05. The van der Waals surface area contributed by atoms with Crippen molar-refractivity contribution in [2.24, 2.45) is 5.92 Å². The lowest BCUT2D eigenvalue weighted by Gasteiger charge is -2.24. The lowest BCUT2D eigenvalue weighted by Crippen LogP contribution is -2.24. The monoisotopic (exact) mass is 189 g/mol. The lowest BCUT2D eigenvalue weighted by molar-refractivity contribution is 0.255. The average Bonchev–Trinajstić information content (AvgIpc) is 2.65. The minimum absolute atomic E-state index is 0.584. The Labute approximate surface area is 86.7 Å². The van der Waals surface area contributed by atoms with Crippen LogP contribution >= 0.6 is 0 Å². The van der Waals surface area contributed by atoms with Crippen molar-refractivity contribution < 1.29 is 0 Å². The fraction of sp³-hybridized carbons (Fsp3) is 0.538.